The van der Waals surface area contributed by atoms with Crippen LogP contribution in [0.1, 0.15) is 57.6 Å². The van der Waals surface area contributed by atoms with Crippen molar-refractivity contribution in [2.24, 2.45) is 23.0 Å². The number of nitrogens with one attached hydrogen (secondary N) is 1. The Kier molecular flexibility index (Phi) is 6.79. The third kappa shape index (κ3) is 4.54. The number of amides is 2. The van der Waals surface area contributed by atoms with E-state index in [-0.39, 0.29) is 53.8 Å². The van der Waals surface area contributed by atoms with Crippen molar-refractivity contribution < 1.29 is 39.6 Å². The molecule has 1 fully saturated rings. The first kappa shape index (κ1) is 28.2. The highest BCUT2D eigenvalue weighted by atomic mass is 16.3. The molecule has 11 heteroatoms. The fourth-order valence-electron chi connectivity index (χ4n) is 5.86. The van der Waals surface area contributed by atoms with Crippen LogP contribution in [0.25, 0.3) is 5.76 Å². The molecular formula is C28H35N3O8. The number of rotatable bonds is 5. The van der Waals surface area contributed by atoms with E-state index in [1.165, 1.54) is 0 Å². The van der Waals surface area contributed by atoms with Crippen molar-refractivity contribution in [2.45, 2.75) is 58.5 Å². The van der Waals surface area contributed by atoms with Crippen LogP contribution in [0.15, 0.2) is 23.0 Å². The first-order valence-corrected chi connectivity index (χ1v) is 12.8. The standard InChI is InChI=1S/C28H35N3O8/c1-27(2,3)7-6-18(33)30-15-11-16(31(4)5)14-9-12-8-13-10-17(32)21(26(29)38)25(37)28(13,39)24(36)19(12)23(35)20(14)22(15)34/h11-13,34-35,37,39H,6-10H2,1-5H3,(H2,29,38)(H,30,33)/t12-,13+,28+/m1/s1. The highest BCUT2D eigenvalue weighted by Gasteiger charge is 2.60. The molecule has 0 aromatic heterocycles. The average molecular weight is 542 g/mol. The van der Waals surface area contributed by atoms with Crippen LogP contribution in [0.3, 0.4) is 0 Å². The predicted molar refractivity (Wildman–Crippen MR) is 143 cm³/mol. The zero-order valence-corrected chi connectivity index (χ0v) is 22.7. The second-order valence-corrected chi connectivity index (χ2v) is 12.1. The molecule has 1 saturated carbocycles. The van der Waals surface area contributed by atoms with Gasteiger partial charge in [-0.15, -0.1) is 0 Å². The summed E-state index contributed by atoms with van der Waals surface area (Å²) in [6, 6.07) is 1.60. The molecule has 0 bridgehead atoms. The fraction of sp³-hybridized carbons (Fsp3) is 0.500. The quantitative estimate of drug-likeness (QED) is 0.240. The van der Waals surface area contributed by atoms with Crippen molar-refractivity contribution in [1.29, 1.82) is 0 Å². The molecule has 0 saturated heterocycles. The minimum Gasteiger partial charge on any atom is -0.508 e. The van der Waals surface area contributed by atoms with Gasteiger partial charge in [-0.2, -0.15) is 0 Å². The number of nitrogens with two attached hydrogens (primary N) is 1. The normalized spacial score (nSPS) is 24.7. The van der Waals surface area contributed by atoms with Crippen molar-refractivity contribution in [3.63, 3.8) is 0 Å². The van der Waals surface area contributed by atoms with Gasteiger partial charge in [0.25, 0.3) is 5.91 Å². The number of phenolic OH excluding ortho intramolecular Hbond substituents is 1. The van der Waals surface area contributed by atoms with E-state index < -0.39 is 57.8 Å². The summed E-state index contributed by atoms with van der Waals surface area (Å²) in [6.45, 7) is 6.01. The highest BCUT2D eigenvalue weighted by molar-refractivity contribution is 6.22. The lowest BCUT2D eigenvalue weighted by atomic mass is 9.59. The molecule has 7 N–H and O–H groups in total. The maximum Gasteiger partial charge on any atom is 0.255 e. The smallest absolute Gasteiger partial charge is 0.255 e. The van der Waals surface area contributed by atoms with Gasteiger partial charge in [-0.3, -0.25) is 19.2 Å². The molecule has 3 aliphatic rings. The second kappa shape index (κ2) is 9.41. The van der Waals surface area contributed by atoms with E-state index in [0.29, 0.717) is 17.7 Å². The number of fused-ring (bicyclic) bond motifs is 3. The average Bonchev–Trinajstić information content (AvgIpc) is 2.80. The lowest BCUT2D eigenvalue weighted by Crippen LogP contribution is -2.58. The summed E-state index contributed by atoms with van der Waals surface area (Å²) < 4.78 is 0. The number of aromatic hydroxyl groups is 1. The van der Waals surface area contributed by atoms with Crippen LogP contribution < -0.4 is 16.0 Å². The summed E-state index contributed by atoms with van der Waals surface area (Å²) in [5, 5.41) is 47.4. The van der Waals surface area contributed by atoms with Gasteiger partial charge in [0.15, 0.2) is 11.4 Å². The van der Waals surface area contributed by atoms with Crippen LogP contribution in [-0.4, -0.2) is 63.5 Å². The van der Waals surface area contributed by atoms with Crippen LogP contribution >= 0.6 is 0 Å². The lowest BCUT2D eigenvalue weighted by Gasteiger charge is -2.46. The van der Waals surface area contributed by atoms with Gasteiger partial charge in [0.1, 0.15) is 22.8 Å². The monoisotopic (exact) mass is 541 g/mol. The van der Waals surface area contributed by atoms with Crippen molar-refractivity contribution in [3.05, 3.63) is 34.1 Å². The highest BCUT2D eigenvalue weighted by Crippen LogP contribution is 2.54. The molecule has 1 aromatic carbocycles. The Balaban J connectivity index is 1.84. The van der Waals surface area contributed by atoms with Crippen molar-refractivity contribution in [3.8, 4) is 5.75 Å². The number of primary amides is 1. The van der Waals surface area contributed by atoms with E-state index in [4.69, 9.17) is 5.73 Å². The number of benzene rings is 1. The Morgan fingerprint density at radius 1 is 1.15 bits per heavy atom. The van der Waals surface area contributed by atoms with E-state index >= 15 is 0 Å². The van der Waals surface area contributed by atoms with Gasteiger partial charge < -0.3 is 36.4 Å². The van der Waals surface area contributed by atoms with E-state index in [9.17, 15) is 39.6 Å². The van der Waals surface area contributed by atoms with E-state index in [1.54, 1.807) is 25.1 Å². The van der Waals surface area contributed by atoms with Gasteiger partial charge in [-0.25, -0.2) is 0 Å². The molecule has 4 rings (SSSR count). The number of hydrogen-bond acceptors (Lipinski definition) is 9. The van der Waals surface area contributed by atoms with Crippen molar-refractivity contribution in [1.82, 2.24) is 0 Å². The topological polar surface area (TPSA) is 190 Å². The number of Topliss-reactive ketones (excluding diaryl/α,β-unsaturated/α-hetero) is 2. The largest absolute Gasteiger partial charge is 0.508 e. The molecule has 3 aliphatic carbocycles. The maximum absolute atomic E-state index is 13.7. The molecule has 0 heterocycles. The molecule has 0 aliphatic heterocycles. The van der Waals surface area contributed by atoms with Crippen LogP contribution in [0, 0.1) is 17.3 Å². The van der Waals surface area contributed by atoms with Crippen LogP contribution in [0.5, 0.6) is 5.75 Å². The summed E-state index contributed by atoms with van der Waals surface area (Å²) in [6.07, 6.45) is 0.637. The summed E-state index contributed by atoms with van der Waals surface area (Å²) >= 11 is 0. The molecule has 0 radical (unpaired) electrons. The molecule has 39 heavy (non-hydrogen) atoms. The molecule has 3 atom stereocenters. The van der Waals surface area contributed by atoms with Crippen LogP contribution in [-0.2, 0) is 25.6 Å². The molecule has 0 unspecified atom stereocenters. The summed E-state index contributed by atoms with van der Waals surface area (Å²) in [7, 11) is 3.51. The van der Waals surface area contributed by atoms with Crippen molar-refractivity contribution >= 4 is 40.5 Å². The predicted octanol–water partition coefficient (Wildman–Crippen LogP) is 2.25. The maximum atomic E-state index is 13.7. The first-order valence-electron chi connectivity index (χ1n) is 12.8. The fourth-order valence-corrected chi connectivity index (χ4v) is 5.86. The zero-order chi connectivity index (χ0) is 29.2. The third-order valence-corrected chi connectivity index (χ3v) is 7.90. The molecule has 11 nitrogen and oxygen atoms in total. The molecule has 2 amide bonds. The Bertz CT molecular complexity index is 1370. The number of carbonyl (C=O) groups is 4. The first-order chi connectivity index (χ1) is 18.0. The molecule has 0 spiro atoms. The lowest BCUT2D eigenvalue weighted by molar-refractivity contribution is -0.147. The van der Waals surface area contributed by atoms with Gasteiger partial charge in [-0.05, 0) is 42.2 Å². The summed E-state index contributed by atoms with van der Waals surface area (Å²) in [5.41, 5.74) is 2.53. The molecule has 210 valence electrons. The molecule has 1 aromatic rings. The summed E-state index contributed by atoms with van der Waals surface area (Å²) in [4.78, 5) is 52.5. The zero-order valence-electron chi connectivity index (χ0n) is 22.7. The van der Waals surface area contributed by atoms with Gasteiger partial charge in [-0.1, -0.05) is 20.8 Å². The number of nitrogens with zero attached hydrogens (tertiary/aromatic N) is 1. The SMILES string of the molecule is CN(C)c1cc(NC(=O)CCC(C)(C)C)c(O)c2c1C[C@H]1C[C@H]3CC(=O)C(C(N)=O)=C(O)[C@@]3(O)C(=O)C1=C2O. The Morgan fingerprint density at radius 2 is 1.79 bits per heavy atom. The number of phenols is 1. The van der Waals surface area contributed by atoms with Gasteiger partial charge >= 0.3 is 0 Å². The summed E-state index contributed by atoms with van der Waals surface area (Å²) in [5.74, 6) is -7.29. The van der Waals surface area contributed by atoms with Crippen LogP contribution in [0.4, 0.5) is 11.4 Å². The Labute approximate surface area is 226 Å². The second-order valence-electron chi connectivity index (χ2n) is 12.1. The van der Waals surface area contributed by atoms with Crippen LogP contribution in [0.2, 0.25) is 0 Å². The number of ketones is 2. The molecular weight excluding hydrogens is 506 g/mol. The van der Waals surface area contributed by atoms with E-state index in [0.717, 1.165) is 0 Å². The number of hydrogen-bond donors (Lipinski definition) is 6. The minimum atomic E-state index is -2.63. The van der Waals surface area contributed by atoms with Crippen molar-refractivity contribution in [2.75, 3.05) is 24.3 Å². The van der Waals surface area contributed by atoms with E-state index in [1.807, 2.05) is 20.8 Å². The minimum absolute atomic E-state index is 0.0435. The number of aliphatic hydroxyl groups excluding tert-OH is 2. The number of aliphatic hydroxyl groups is 3. The van der Waals surface area contributed by atoms with Gasteiger partial charge in [0.2, 0.25) is 11.7 Å². The van der Waals surface area contributed by atoms with E-state index in [2.05, 4.69) is 5.32 Å². The Hall–Kier alpha value is -3.86. The third-order valence-electron chi connectivity index (χ3n) is 7.90. The number of anilines is 2. The van der Waals surface area contributed by atoms with Gasteiger partial charge in [0, 0.05) is 44.1 Å². The number of carbonyl (C=O) groups excluding carboxylic acids is 4. The van der Waals surface area contributed by atoms with Gasteiger partial charge in [0.05, 0.1) is 11.3 Å². The Morgan fingerprint density at radius 3 is 2.36 bits per heavy atom.